The molecule has 4 heteroatoms. The average molecular weight is 294 g/mol. The Morgan fingerprint density at radius 3 is 2.18 bits per heavy atom. The lowest BCUT2D eigenvalue weighted by Crippen LogP contribution is -2.09. The molecule has 4 nitrogen and oxygen atoms in total. The molecule has 3 aromatic rings. The molecule has 0 aliphatic heterocycles. The van der Waals surface area contributed by atoms with Gasteiger partial charge in [-0.2, -0.15) is 0 Å². The predicted molar refractivity (Wildman–Crippen MR) is 87.6 cm³/mol. The van der Waals surface area contributed by atoms with Crippen LogP contribution in [0.5, 0.6) is 11.5 Å². The summed E-state index contributed by atoms with van der Waals surface area (Å²) in [5.41, 5.74) is 7.55. The van der Waals surface area contributed by atoms with E-state index in [1.54, 1.807) is 0 Å². The summed E-state index contributed by atoms with van der Waals surface area (Å²) in [7, 11) is 0. The van der Waals surface area contributed by atoms with Crippen molar-refractivity contribution in [3.05, 3.63) is 73.1 Å². The van der Waals surface area contributed by atoms with Crippen molar-refractivity contribution in [3.8, 4) is 17.2 Å². The molecule has 2 aromatic carbocycles. The van der Waals surface area contributed by atoms with Gasteiger partial charge in [0.05, 0.1) is 5.69 Å². The van der Waals surface area contributed by atoms with E-state index < -0.39 is 0 Å². The van der Waals surface area contributed by atoms with E-state index >= 15 is 0 Å². The van der Waals surface area contributed by atoms with Gasteiger partial charge in [0.2, 0.25) is 0 Å². The lowest BCUT2D eigenvalue weighted by atomic mass is 10.3. The van der Waals surface area contributed by atoms with Crippen molar-refractivity contribution >= 4 is 5.69 Å². The van der Waals surface area contributed by atoms with Crippen molar-refractivity contribution in [2.75, 3.05) is 18.9 Å². The Hall–Kier alpha value is -2.88. The molecule has 112 valence electrons. The van der Waals surface area contributed by atoms with Crippen molar-refractivity contribution in [2.45, 2.75) is 0 Å². The van der Waals surface area contributed by atoms with Crippen LogP contribution in [0.15, 0.2) is 73.1 Å². The Morgan fingerprint density at radius 2 is 1.45 bits per heavy atom. The van der Waals surface area contributed by atoms with Crippen LogP contribution in [0.4, 0.5) is 5.69 Å². The number of rotatable bonds is 6. The number of ether oxygens (including phenoxy) is 2. The fourth-order valence-corrected chi connectivity index (χ4v) is 2.14. The average Bonchev–Trinajstić information content (AvgIpc) is 3.08. The van der Waals surface area contributed by atoms with E-state index in [0.29, 0.717) is 24.7 Å². The van der Waals surface area contributed by atoms with Crippen LogP contribution < -0.4 is 15.2 Å². The van der Waals surface area contributed by atoms with E-state index in [2.05, 4.69) is 0 Å². The molecular formula is C18H18N2O2. The molecule has 0 aliphatic carbocycles. The number of nitrogen functional groups attached to an aromatic ring is 1. The number of aromatic nitrogens is 1. The van der Waals surface area contributed by atoms with E-state index in [-0.39, 0.29) is 0 Å². The minimum atomic E-state index is 0.452. The van der Waals surface area contributed by atoms with Crippen LogP contribution in [0.2, 0.25) is 0 Å². The number of nitrogens with two attached hydrogens (primary N) is 1. The van der Waals surface area contributed by atoms with Gasteiger partial charge in [-0.05, 0) is 48.5 Å². The van der Waals surface area contributed by atoms with E-state index in [1.807, 2.05) is 77.6 Å². The van der Waals surface area contributed by atoms with Crippen LogP contribution in [0.3, 0.4) is 0 Å². The summed E-state index contributed by atoms with van der Waals surface area (Å²) in [5, 5.41) is 0. The van der Waals surface area contributed by atoms with Crippen molar-refractivity contribution in [1.29, 1.82) is 0 Å². The maximum absolute atomic E-state index is 5.81. The van der Waals surface area contributed by atoms with Crippen molar-refractivity contribution in [3.63, 3.8) is 0 Å². The Labute approximate surface area is 129 Å². The van der Waals surface area contributed by atoms with E-state index in [4.69, 9.17) is 15.2 Å². The van der Waals surface area contributed by atoms with Crippen LogP contribution in [0.1, 0.15) is 0 Å². The maximum Gasteiger partial charge on any atom is 0.142 e. The molecule has 1 aromatic heterocycles. The molecular weight excluding hydrogens is 276 g/mol. The van der Waals surface area contributed by atoms with E-state index in [9.17, 15) is 0 Å². The first kappa shape index (κ1) is 14.1. The normalized spacial score (nSPS) is 10.4. The first-order valence-electron chi connectivity index (χ1n) is 7.16. The Morgan fingerprint density at radius 1 is 0.773 bits per heavy atom. The molecule has 0 aliphatic rings. The number of hydrogen-bond donors (Lipinski definition) is 1. The van der Waals surface area contributed by atoms with Gasteiger partial charge in [-0.25, -0.2) is 0 Å². The molecule has 0 bridgehead atoms. The summed E-state index contributed by atoms with van der Waals surface area (Å²) >= 11 is 0. The highest BCUT2D eigenvalue weighted by Crippen LogP contribution is 2.20. The minimum Gasteiger partial charge on any atom is -0.490 e. The monoisotopic (exact) mass is 294 g/mol. The fourth-order valence-electron chi connectivity index (χ4n) is 2.14. The van der Waals surface area contributed by atoms with Crippen molar-refractivity contribution in [2.24, 2.45) is 0 Å². The highest BCUT2D eigenvalue weighted by Gasteiger charge is 2.00. The number of anilines is 1. The van der Waals surface area contributed by atoms with Crippen LogP contribution in [-0.4, -0.2) is 17.8 Å². The summed E-state index contributed by atoms with van der Waals surface area (Å²) in [4.78, 5) is 0. The van der Waals surface area contributed by atoms with Gasteiger partial charge in [0.1, 0.15) is 24.7 Å². The van der Waals surface area contributed by atoms with Crippen molar-refractivity contribution in [1.82, 2.24) is 4.57 Å². The Bertz CT molecular complexity index is 706. The number of benzene rings is 2. The first-order chi connectivity index (χ1) is 10.8. The Kier molecular flexibility index (Phi) is 4.30. The second-order valence-corrected chi connectivity index (χ2v) is 4.82. The largest absolute Gasteiger partial charge is 0.490 e. The standard InChI is InChI=1S/C18H18N2O2/c19-17-5-1-2-6-18(17)22-14-13-21-16-9-7-15(8-10-16)20-11-3-4-12-20/h1-12H,13-14,19H2. The van der Waals surface area contributed by atoms with Gasteiger partial charge < -0.3 is 19.8 Å². The first-order valence-corrected chi connectivity index (χ1v) is 7.16. The third-order valence-corrected chi connectivity index (χ3v) is 3.27. The molecule has 0 unspecified atom stereocenters. The molecule has 2 N–H and O–H groups in total. The molecule has 0 saturated carbocycles. The van der Waals surface area contributed by atoms with Gasteiger partial charge in [0.25, 0.3) is 0 Å². The second-order valence-electron chi connectivity index (χ2n) is 4.82. The smallest absolute Gasteiger partial charge is 0.142 e. The highest BCUT2D eigenvalue weighted by atomic mass is 16.5. The minimum absolute atomic E-state index is 0.452. The zero-order valence-electron chi connectivity index (χ0n) is 12.2. The molecule has 1 heterocycles. The summed E-state index contributed by atoms with van der Waals surface area (Å²) in [6, 6.07) is 19.4. The highest BCUT2D eigenvalue weighted by molar-refractivity contribution is 5.51. The summed E-state index contributed by atoms with van der Waals surface area (Å²) in [6.07, 6.45) is 4.02. The third kappa shape index (κ3) is 3.41. The van der Waals surface area contributed by atoms with Gasteiger partial charge in [0, 0.05) is 18.1 Å². The Balaban J connectivity index is 1.49. The van der Waals surface area contributed by atoms with Crippen molar-refractivity contribution < 1.29 is 9.47 Å². The van der Waals surface area contributed by atoms with Crippen LogP contribution in [0.25, 0.3) is 5.69 Å². The zero-order valence-corrected chi connectivity index (χ0v) is 12.2. The molecule has 0 fully saturated rings. The van der Waals surface area contributed by atoms with Gasteiger partial charge in [-0.3, -0.25) is 0 Å². The summed E-state index contributed by atoms with van der Waals surface area (Å²) in [6.45, 7) is 0.921. The molecule has 22 heavy (non-hydrogen) atoms. The quantitative estimate of drug-likeness (QED) is 0.559. The maximum atomic E-state index is 5.81. The van der Waals surface area contributed by atoms with E-state index in [1.165, 1.54) is 0 Å². The van der Waals surface area contributed by atoms with E-state index in [0.717, 1.165) is 11.4 Å². The molecule has 3 rings (SSSR count). The third-order valence-electron chi connectivity index (χ3n) is 3.27. The molecule has 0 radical (unpaired) electrons. The lowest BCUT2D eigenvalue weighted by molar-refractivity contribution is 0.218. The topological polar surface area (TPSA) is 49.4 Å². The van der Waals surface area contributed by atoms with Gasteiger partial charge in [0.15, 0.2) is 0 Å². The number of hydrogen-bond acceptors (Lipinski definition) is 3. The van der Waals surface area contributed by atoms with Crippen LogP contribution in [0, 0.1) is 0 Å². The number of para-hydroxylation sites is 2. The van der Waals surface area contributed by atoms with Crippen LogP contribution >= 0.6 is 0 Å². The summed E-state index contributed by atoms with van der Waals surface area (Å²) in [5.74, 6) is 1.51. The second kappa shape index (κ2) is 6.72. The molecule has 0 spiro atoms. The van der Waals surface area contributed by atoms with Gasteiger partial charge in [-0.1, -0.05) is 12.1 Å². The predicted octanol–water partition coefficient (Wildman–Crippen LogP) is 3.52. The molecule has 0 amide bonds. The molecule has 0 atom stereocenters. The lowest BCUT2D eigenvalue weighted by Gasteiger charge is -2.10. The fraction of sp³-hybridized carbons (Fsp3) is 0.111. The summed E-state index contributed by atoms with van der Waals surface area (Å²) < 4.78 is 13.3. The SMILES string of the molecule is Nc1ccccc1OCCOc1ccc(-n2cccc2)cc1. The van der Waals surface area contributed by atoms with Gasteiger partial charge >= 0.3 is 0 Å². The molecule has 0 saturated heterocycles. The van der Waals surface area contributed by atoms with Gasteiger partial charge in [-0.15, -0.1) is 0 Å². The van der Waals surface area contributed by atoms with Crippen LogP contribution in [-0.2, 0) is 0 Å². The zero-order chi connectivity index (χ0) is 15.2. The number of nitrogens with zero attached hydrogens (tertiary/aromatic N) is 1.